The fourth-order valence-electron chi connectivity index (χ4n) is 1.71. The lowest BCUT2D eigenvalue weighted by Crippen LogP contribution is -2.37. The minimum atomic E-state index is -0.0838. The summed E-state index contributed by atoms with van der Waals surface area (Å²) in [6.07, 6.45) is 3.42. The second kappa shape index (κ2) is 7.94. The van der Waals surface area contributed by atoms with Crippen LogP contribution in [0, 0.1) is 0 Å². The fourth-order valence-corrected chi connectivity index (χ4v) is 2.59. The van der Waals surface area contributed by atoms with E-state index in [1.165, 1.54) is 4.90 Å². The van der Waals surface area contributed by atoms with Gasteiger partial charge in [-0.15, -0.1) is 11.8 Å². The van der Waals surface area contributed by atoms with Crippen LogP contribution in [0.15, 0.2) is 35.2 Å². The SMILES string of the molecule is O=C(CCCSc1ccccc1)NCC(=O)NC1CC1. The fraction of sp³-hybridized carbons (Fsp3) is 0.467. The van der Waals surface area contributed by atoms with Crippen LogP contribution in [-0.2, 0) is 9.59 Å². The number of amides is 2. The molecule has 0 saturated heterocycles. The third-order valence-corrected chi connectivity index (χ3v) is 4.05. The summed E-state index contributed by atoms with van der Waals surface area (Å²) in [7, 11) is 0. The maximum atomic E-state index is 11.6. The van der Waals surface area contributed by atoms with Gasteiger partial charge in [-0.25, -0.2) is 0 Å². The average molecular weight is 292 g/mol. The van der Waals surface area contributed by atoms with Crippen LogP contribution < -0.4 is 10.6 Å². The predicted octanol–water partition coefficient (Wildman–Crippen LogP) is 1.95. The highest BCUT2D eigenvalue weighted by Crippen LogP contribution is 2.18. The van der Waals surface area contributed by atoms with Crippen molar-refractivity contribution in [3.05, 3.63) is 30.3 Å². The molecule has 0 atom stereocenters. The van der Waals surface area contributed by atoms with E-state index in [1.54, 1.807) is 11.8 Å². The van der Waals surface area contributed by atoms with Crippen LogP contribution >= 0.6 is 11.8 Å². The van der Waals surface area contributed by atoms with E-state index >= 15 is 0 Å². The molecule has 0 aromatic heterocycles. The molecular formula is C15H20N2O2S. The monoisotopic (exact) mass is 292 g/mol. The number of carbonyl (C=O) groups is 2. The van der Waals surface area contributed by atoms with Gasteiger partial charge in [0, 0.05) is 17.4 Å². The Morgan fingerprint density at radius 3 is 2.60 bits per heavy atom. The Kier molecular flexibility index (Phi) is 5.92. The first-order chi connectivity index (χ1) is 9.74. The summed E-state index contributed by atoms with van der Waals surface area (Å²) in [5.74, 6) is 0.773. The second-order valence-electron chi connectivity index (χ2n) is 4.88. The number of nitrogens with one attached hydrogen (secondary N) is 2. The highest BCUT2D eigenvalue weighted by molar-refractivity contribution is 7.99. The van der Waals surface area contributed by atoms with Crippen LogP contribution in [-0.4, -0.2) is 30.2 Å². The molecule has 4 nitrogen and oxygen atoms in total. The maximum absolute atomic E-state index is 11.6. The Morgan fingerprint density at radius 1 is 1.15 bits per heavy atom. The number of carbonyl (C=O) groups excluding carboxylic acids is 2. The van der Waals surface area contributed by atoms with Gasteiger partial charge in [0.1, 0.15) is 0 Å². The van der Waals surface area contributed by atoms with E-state index in [0.29, 0.717) is 12.5 Å². The third-order valence-electron chi connectivity index (χ3n) is 2.95. The minimum absolute atomic E-state index is 0.0513. The Balaban J connectivity index is 1.50. The topological polar surface area (TPSA) is 58.2 Å². The minimum Gasteiger partial charge on any atom is -0.352 e. The Morgan fingerprint density at radius 2 is 1.90 bits per heavy atom. The van der Waals surface area contributed by atoms with Crippen molar-refractivity contribution in [3.63, 3.8) is 0 Å². The van der Waals surface area contributed by atoms with Crippen LogP contribution in [0.2, 0.25) is 0 Å². The zero-order valence-corrected chi connectivity index (χ0v) is 12.2. The summed E-state index contributed by atoms with van der Waals surface area (Å²) < 4.78 is 0. The molecule has 0 spiro atoms. The molecule has 20 heavy (non-hydrogen) atoms. The molecule has 0 unspecified atom stereocenters. The van der Waals surface area contributed by atoms with E-state index in [2.05, 4.69) is 22.8 Å². The summed E-state index contributed by atoms with van der Waals surface area (Å²) >= 11 is 1.74. The zero-order valence-electron chi connectivity index (χ0n) is 11.4. The van der Waals surface area contributed by atoms with Crippen molar-refractivity contribution in [2.24, 2.45) is 0 Å². The molecule has 108 valence electrons. The van der Waals surface area contributed by atoms with Gasteiger partial charge in [-0.3, -0.25) is 9.59 Å². The van der Waals surface area contributed by atoms with E-state index in [4.69, 9.17) is 0 Å². The Bertz CT molecular complexity index is 446. The second-order valence-corrected chi connectivity index (χ2v) is 6.05. The quantitative estimate of drug-likeness (QED) is 0.569. The highest BCUT2D eigenvalue weighted by Gasteiger charge is 2.22. The van der Waals surface area contributed by atoms with Crippen molar-refractivity contribution in [2.45, 2.75) is 36.6 Å². The van der Waals surface area contributed by atoms with Gasteiger partial charge >= 0.3 is 0 Å². The summed E-state index contributed by atoms with van der Waals surface area (Å²) in [5, 5.41) is 5.49. The standard InChI is InChI=1S/C15H20N2O2S/c18-14(16-11-15(19)17-12-8-9-12)7-4-10-20-13-5-2-1-3-6-13/h1-3,5-6,12H,4,7-11H2,(H,16,18)(H,17,19). The number of hydrogen-bond donors (Lipinski definition) is 2. The number of hydrogen-bond acceptors (Lipinski definition) is 3. The molecule has 1 saturated carbocycles. The highest BCUT2D eigenvalue weighted by atomic mass is 32.2. The molecule has 1 aliphatic rings. The van der Waals surface area contributed by atoms with Crippen molar-refractivity contribution >= 4 is 23.6 Å². The molecule has 1 aliphatic carbocycles. The molecule has 0 aliphatic heterocycles. The molecular weight excluding hydrogens is 272 g/mol. The average Bonchev–Trinajstić information content (AvgIpc) is 3.26. The van der Waals surface area contributed by atoms with Gasteiger partial charge < -0.3 is 10.6 Å². The van der Waals surface area contributed by atoms with Crippen LogP contribution in [0.25, 0.3) is 0 Å². The normalized spacial score (nSPS) is 13.8. The first kappa shape index (κ1) is 14.9. The van der Waals surface area contributed by atoms with Crippen molar-refractivity contribution in [1.82, 2.24) is 10.6 Å². The van der Waals surface area contributed by atoms with Gasteiger partial charge in [-0.05, 0) is 37.1 Å². The first-order valence-corrected chi connectivity index (χ1v) is 7.96. The first-order valence-electron chi connectivity index (χ1n) is 6.98. The van der Waals surface area contributed by atoms with E-state index in [-0.39, 0.29) is 18.4 Å². The number of thioether (sulfide) groups is 1. The molecule has 2 rings (SSSR count). The molecule has 5 heteroatoms. The molecule has 0 heterocycles. The van der Waals surface area contributed by atoms with E-state index in [1.807, 2.05) is 18.2 Å². The summed E-state index contributed by atoms with van der Waals surface area (Å²) in [6, 6.07) is 10.5. The van der Waals surface area contributed by atoms with Crippen LogP contribution in [0.4, 0.5) is 0 Å². The lowest BCUT2D eigenvalue weighted by Gasteiger charge is -2.06. The summed E-state index contributed by atoms with van der Waals surface area (Å²) in [4.78, 5) is 24.2. The van der Waals surface area contributed by atoms with E-state index in [0.717, 1.165) is 25.0 Å². The predicted molar refractivity (Wildman–Crippen MR) is 80.6 cm³/mol. The molecule has 2 amide bonds. The molecule has 1 aromatic rings. The van der Waals surface area contributed by atoms with Crippen LogP contribution in [0.1, 0.15) is 25.7 Å². The van der Waals surface area contributed by atoms with E-state index < -0.39 is 0 Å². The number of rotatable bonds is 8. The van der Waals surface area contributed by atoms with Crippen molar-refractivity contribution < 1.29 is 9.59 Å². The van der Waals surface area contributed by atoms with Gasteiger partial charge in [-0.1, -0.05) is 18.2 Å². The van der Waals surface area contributed by atoms with Gasteiger partial charge in [-0.2, -0.15) is 0 Å². The number of benzene rings is 1. The largest absolute Gasteiger partial charge is 0.352 e. The van der Waals surface area contributed by atoms with Gasteiger partial charge in [0.25, 0.3) is 0 Å². The Labute approximate surface area is 123 Å². The smallest absolute Gasteiger partial charge is 0.239 e. The lowest BCUT2D eigenvalue weighted by molar-refractivity contribution is -0.126. The van der Waals surface area contributed by atoms with Gasteiger partial charge in [0.15, 0.2) is 0 Å². The van der Waals surface area contributed by atoms with Crippen LogP contribution in [0.5, 0.6) is 0 Å². The zero-order chi connectivity index (χ0) is 14.2. The third kappa shape index (κ3) is 6.10. The van der Waals surface area contributed by atoms with Crippen molar-refractivity contribution in [3.8, 4) is 0 Å². The summed E-state index contributed by atoms with van der Waals surface area (Å²) in [6.45, 7) is 0.0984. The maximum Gasteiger partial charge on any atom is 0.239 e. The van der Waals surface area contributed by atoms with Crippen LogP contribution in [0.3, 0.4) is 0 Å². The van der Waals surface area contributed by atoms with Gasteiger partial charge in [0.05, 0.1) is 6.54 Å². The molecule has 0 bridgehead atoms. The molecule has 2 N–H and O–H groups in total. The van der Waals surface area contributed by atoms with Crippen molar-refractivity contribution in [2.75, 3.05) is 12.3 Å². The molecule has 0 radical (unpaired) electrons. The van der Waals surface area contributed by atoms with Gasteiger partial charge in [0.2, 0.25) is 11.8 Å². The van der Waals surface area contributed by atoms with Crippen molar-refractivity contribution in [1.29, 1.82) is 0 Å². The molecule has 1 fully saturated rings. The van der Waals surface area contributed by atoms with E-state index in [9.17, 15) is 9.59 Å². The summed E-state index contributed by atoms with van der Waals surface area (Å²) in [5.41, 5.74) is 0. The lowest BCUT2D eigenvalue weighted by atomic mass is 10.3. The Hall–Kier alpha value is -1.49. The molecule has 1 aromatic carbocycles.